The molecule has 0 saturated carbocycles. The number of aromatic nitrogens is 3. The highest BCUT2D eigenvalue weighted by Gasteiger charge is 2.17. The fourth-order valence-electron chi connectivity index (χ4n) is 2.50. The molecular formula is C17H23IN4O3S. The van der Waals surface area contributed by atoms with Gasteiger partial charge >= 0.3 is 5.97 Å². The highest BCUT2D eigenvalue weighted by Crippen LogP contribution is 2.29. The number of nitrogens with two attached hydrogens (primary N) is 1. The van der Waals surface area contributed by atoms with Gasteiger partial charge in [0.1, 0.15) is 5.69 Å². The maximum atomic E-state index is 11.7. The monoisotopic (exact) mass is 490 g/mol. The van der Waals surface area contributed by atoms with E-state index in [2.05, 4.69) is 31.2 Å². The summed E-state index contributed by atoms with van der Waals surface area (Å²) in [6.07, 6.45) is 8.26. The van der Waals surface area contributed by atoms with E-state index in [0.717, 1.165) is 36.5 Å². The maximum absolute atomic E-state index is 11.7. The molecule has 2 N–H and O–H groups in total. The molecule has 1 saturated heterocycles. The Bertz CT molecular complexity index is 723. The van der Waals surface area contributed by atoms with Crippen LogP contribution in [0.1, 0.15) is 42.2 Å². The van der Waals surface area contributed by atoms with Gasteiger partial charge in [-0.25, -0.2) is 14.8 Å². The summed E-state index contributed by atoms with van der Waals surface area (Å²) < 4.78 is 11.6. The molecule has 3 heterocycles. The Labute approximate surface area is 169 Å². The van der Waals surface area contributed by atoms with Gasteiger partial charge in [-0.2, -0.15) is 0 Å². The second-order valence-corrected chi connectivity index (χ2v) is 7.34. The van der Waals surface area contributed by atoms with Crippen molar-refractivity contribution in [1.82, 2.24) is 13.9 Å². The highest BCUT2D eigenvalue weighted by molar-refractivity contribution is 14.2. The van der Waals surface area contributed by atoms with Gasteiger partial charge < -0.3 is 15.2 Å². The number of halogens is 1. The van der Waals surface area contributed by atoms with E-state index < -0.39 is 0 Å². The first-order valence-corrected chi connectivity index (χ1v) is 11.7. The van der Waals surface area contributed by atoms with E-state index in [1.807, 2.05) is 13.1 Å². The molecule has 2 aromatic heterocycles. The predicted molar refractivity (Wildman–Crippen MR) is 112 cm³/mol. The molecule has 0 radical (unpaired) electrons. The lowest BCUT2D eigenvalue weighted by Crippen LogP contribution is -2.04. The van der Waals surface area contributed by atoms with Crippen LogP contribution in [0.4, 0.5) is 5.95 Å². The average molecular weight is 490 g/mol. The Morgan fingerprint density at radius 1 is 1.42 bits per heavy atom. The number of methoxy groups -OCH3 is 1. The molecule has 1 aliphatic rings. The lowest BCUT2D eigenvalue weighted by Gasteiger charge is -2.08. The van der Waals surface area contributed by atoms with Gasteiger partial charge in [0.25, 0.3) is 0 Å². The minimum Gasteiger partial charge on any atom is -0.464 e. The molecule has 3 rings (SSSR count). The summed E-state index contributed by atoms with van der Waals surface area (Å²) in [7, 11) is 2.74. The van der Waals surface area contributed by atoms with Crippen LogP contribution in [-0.4, -0.2) is 40.2 Å². The van der Waals surface area contributed by atoms with Crippen LogP contribution >= 0.6 is 30.3 Å². The molecule has 0 unspecified atom stereocenters. The van der Waals surface area contributed by atoms with E-state index in [0.29, 0.717) is 5.69 Å². The number of aryl methyl sites for hydroxylation is 1. The third-order valence-electron chi connectivity index (χ3n) is 3.87. The highest BCUT2D eigenvalue weighted by atomic mass is 127. The number of esters is 1. The summed E-state index contributed by atoms with van der Waals surface area (Å²) in [5.41, 5.74) is 8.66. The van der Waals surface area contributed by atoms with Crippen molar-refractivity contribution in [3.8, 4) is 11.3 Å². The molecule has 0 spiro atoms. The van der Waals surface area contributed by atoms with Gasteiger partial charge in [-0.05, 0) is 37.3 Å². The molecule has 26 heavy (non-hydrogen) atoms. The van der Waals surface area contributed by atoms with E-state index in [-0.39, 0.29) is 11.9 Å². The van der Waals surface area contributed by atoms with Crippen molar-refractivity contribution in [3.63, 3.8) is 0 Å². The number of rotatable bonds is 4. The molecule has 0 amide bonds. The Morgan fingerprint density at radius 2 is 2.15 bits per heavy atom. The zero-order valence-electron chi connectivity index (χ0n) is 14.9. The summed E-state index contributed by atoms with van der Waals surface area (Å²) in [5.74, 6) is -0.174. The van der Waals surface area contributed by atoms with Crippen LogP contribution in [-0.2, 0) is 15.9 Å². The lowest BCUT2D eigenvalue weighted by atomic mass is 10.1. The first-order valence-electron chi connectivity index (χ1n) is 8.40. The van der Waals surface area contributed by atoms with Crippen molar-refractivity contribution in [2.24, 2.45) is 0 Å². The minimum absolute atomic E-state index is 0.215. The normalized spacial score (nSPS) is 13.7. The number of carbonyl (C=O) groups excluding carboxylic acids is 1. The van der Waals surface area contributed by atoms with Crippen LogP contribution in [0.15, 0.2) is 18.5 Å². The number of ether oxygens (including phenoxy) is 2. The predicted octanol–water partition coefficient (Wildman–Crippen LogP) is 3.91. The van der Waals surface area contributed by atoms with Gasteiger partial charge in [-0.15, -0.1) is 0 Å². The van der Waals surface area contributed by atoms with Crippen molar-refractivity contribution < 1.29 is 14.3 Å². The van der Waals surface area contributed by atoms with Crippen LogP contribution in [0.3, 0.4) is 0 Å². The molecule has 2 aromatic rings. The molecular weight excluding hydrogens is 467 g/mol. The molecule has 0 aliphatic carbocycles. The van der Waals surface area contributed by atoms with E-state index in [9.17, 15) is 4.79 Å². The third-order valence-corrected chi connectivity index (χ3v) is 5.59. The molecule has 1 fully saturated rings. The van der Waals surface area contributed by atoms with Gasteiger partial charge in [0.05, 0.1) is 12.8 Å². The Morgan fingerprint density at radius 3 is 2.65 bits per heavy atom. The van der Waals surface area contributed by atoms with E-state index in [1.54, 1.807) is 16.2 Å². The van der Waals surface area contributed by atoms with Crippen molar-refractivity contribution in [2.45, 2.75) is 32.6 Å². The third kappa shape index (κ3) is 5.58. The fraction of sp³-hybridized carbons (Fsp3) is 0.471. The molecule has 9 heteroatoms. The zero-order valence-corrected chi connectivity index (χ0v) is 17.9. The minimum atomic E-state index is -0.388. The summed E-state index contributed by atoms with van der Waals surface area (Å²) in [5, 5.41) is 0. The van der Waals surface area contributed by atoms with Crippen LogP contribution in [0.5, 0.6) is 0 Å². The largest absolute Gasteiger partial charge is 0.464 e. The SMILES string of the molecule is C1CCOCC1.CCc1cnc(N)nc1-c1cc(C(=O)OC)n(SI)c1. The average Bonchev–Trinajstić information content (AvgIpc) is 3.13. The van der Waals surface area contributed by atoms with Gasteiger partial charge in [0.2, 0.25) is 5.95 Å². The maximum Gasteiger partial charge on any atom is 0.355 e. The quantitative estimate of drug-likeness (QED) is 0.513. The first-order chi connectivity index (χ1) is 12.6. The number of anilines is 1. The second kappa shape index (κ2) is 10.7. The Hall–Kier alpha value is -1.33. The van der Waals surface area contributed by atoms with Crippen molar-refractivity contribution in [3.05, 3.63) is 29.7 Å². The first kappa shape index (κ1) is 21.0. The van der Waals surface area contributed by atoms with Gasteiger partial charge in [0.15, 0.2) is 0 Å². The molecule has 0 bridgehead atoms. The number of nitrogen functional groups attached to an aromatic ring is 1. The summed E-state index contributed by atoms with van der Waals surface area (Å²) >= 11 is 2.10. The van der Waals surface area contributed by atoms with Crippen molar-refractivity contribution >= 4 is 42.2 Å². The summed E-state index contributed by atoms with van der Waals surface area (Å²) in [4.78, 5) is 20.0. The lowest BCUT2D eigenvalue weighted by molar-refractivity contribution is 0.0593. The zero-order chi connectivity index (χ0) is 18.9. The standard InChI is InChI=1S/C12H13IN4O2S.C5H10O/c1-3-7-5-15-12(14)16-10(7)8-4-9(11(18)19-2)17(6-8)20-13;1-2-4-6-5-3-1/h4-6H,3H2,1-2H3,(H2,14,15,16);1-5H2. The molecule has 0 aromatic carbocycles. The molecule has 7 nitrogen and oxygen atoms in total. The van der Waals surface area contributed by atoms with Crippen molar-refractivity contribution in [1.29, 1.82) is 0 Å². The van der Waals surface area contributed by atoms with E-state index in [4.69, 9.17) is 15.2 Å². The Kier molecular flexibility index (Phi) is 8.66. The fourth-order valence-corrected chi connectivity index (χ4v) is 3.83. The van der Waals surface area contributed by atoms with Gasteiger partial charge in [-0.3, -0.25) is 3.97 Å². The number of hydrogen-bond acceptors (Lipinski definition) is 7. The number of hydrogen-bond donors (Lipinski definition) is 1. The Balaban J connectivity index is 0.000000342. The molecule has 142 valence electrons. The summed E-state index contributed by atoms with van der Waals surface area (Å²) in [6.45, 7) is 4.02. The van der Waals surface area contributed by atoms with E-state index >= 15 is 0 Å². The smallest absolute Gasteiger partial charge is 0.355 e. The molecule has 0 atom stereocenters. The number of nitrogens with zero attached hydrogens (tertiary/aromatic N) is 3. The van der Waals surface area contributed by atoms with Crippen LogP contribution in [0.25, 0.3) is 11.3 Å². The number of carbonyl (C=O) groups is 1. The summed E-state index contributed by atoms with van der Waals surface area (Å²) in [6, 6.07) is 1.75. The van der Waals surface area contributed by atoms with Gasteiger partial charge in [0, 0.05) is 61.5 Å². The molecule has 1 aliphatic heterocycles. The van der Waals surface area contributed by atoms with E-state index in [1.165, 1.54) is 35.5 Å². The topological polar surface area (TPSA) is 92.3 Å². The van der Waals surface area contributed by atoms with Crippen molar-refractivity contribution in [2.75, 3.05) is 26.1 Å². The van der Waals surface area contributed by atoms with Crippen LogP contribution < -0.4 is 5.73 Å². The van der Waals surface area contributed by atoms with Crippen LogP contribution in [0.2, 0.25) is 0 Å². The van der Waals surface area contributed by atoms with Crippen LogP contribution in [0, 0.1) is 0 Å². The second-order valence-electron chi connectivity index (χ2n) is 5.63. The van der Waals surface area contributed by atoms with Gasteiger partial charge in [-0.1, -0.05) is 6.92 Å².